The first-order chi connectivity index (χ1) is 5.79. The van der Waals surface area contributed by atoms with Crippen LogP contribution < -0.4 is 5.73 Å². The van der Waals surface area contributed by atoms with E-state index in [1.54, 1.807) is 18.5 Å². The average Bonchev–Trinajstić information content (AvgIpc) is 2.05. The zero-order chi connectivity index (χ0) is 8.81. The smallest absolute Gasteiger partial charge is 0.229 e. The lowest BCUT2D eigenvalue weighted by molar-refractivity contribution is -0.117. The summed E-state index contributed by atoms with van der Waals surface area (Å²) in [7, 11) is 0. The van der Waals surface area contributed by atoms with Crippen LogP contribution in [0.25, 0.3) is 0 Å². The molecule has 60 valence electrons. The van der Waals surface area contributed by atoms with Gasteiger partial charge < -0.3 is 5.73 Å². The molecule has 12 heavy (non-hydrogen) atoms. The minimum Gasteiger partial charge on any atom is -0.369 e. The Balaban J connectivity index is 2.61. The minimum absolute atomic E-state index is 0.0922. The number of amides is 1. The van der Waals surface area contributed by atoms with Crippen molar-refractivity contribution in [2.75, 3.05) is 0 Å². The molecule has 2 N–H and O–H groups in total. The number of carbonyl (C=O) groups excluding carboxylic acids is 1. The summed E-state index contributed by atoms with van der Waals surface area (Å²) in [5.41, 5.74) is 5.69. The van der Waals surface area contributed by atoms with Crippen molar-refractivity contribution in [1.29, 1.82) is 0 Å². The van der Waals surface area contributed by atoms with Gasteiger partial charge in [0.25, 0.3) is 0 Å². The highest BCUT2D eigenvalue weighted by Gasteiger charge is 1.86. The lowest BCUT2D eigenvalue weighted by Gasteiger charge is -1.85. The van der Waals surface area contributed by atoms with E-state index < -0.39 is 5.91 Å². The molecule has 1 amide bonds. The van der Waals surface area contributed by atoms with Crippen molar-refractivity contribution in [3.8, 4) is 11.8 Å². The summed E-state index contributed by atoms with van der Waals surface area (Å²) in [4.78, 5) is 14.2. The predicted octanol–water partition coefficient (Wildman–Crippen LogP) is 0.309. The van der Waals surface area contributed by atoms with E-state index in [0.717, 1.165) is 5.56 Å². The molecule has 1 aromatic rings. The Morgan fingerprint density at radius 3 is 3.08 bits per heavy atom. The van der Waals surface area contributed by atoms with Crippen molar-refractivity contribution >= 4 is 5.91 Å². The van der Waals surface area contributed by atoms with Crippen LogP contribution >= 0.6 is 0 Å². The van der Waals surface area contributed by atoms with Crippen LogP contribution in [-0.4, -0.2) is 10.9 Å². The third kappa shape index (κ3) is 2.84. The first-order valence-electron chi connectivity index (χ1n) is 3.46. The van der Waals surface area contributed by atoms with E-state index in [-0.39, 0.29) is 6.42 Å². The molecule has 1 aromatic heterocycles. The molecule has 0 saturated heterocycles. The summed E-state index contributed by atoms with van der Waals surface area (Å²) in [6.07, 6.45) is 3.39. The third-order valence-corrected chi connectivity index (χ3v) is 1.16. The number of pyridine rings is 1. The highest BCUT2D eigenvalue weighted by Crippen LogP contribution is 1.91. The number of primary amides is 1. The number of aromatic nitrogens is 1. The van der Waals surface area contributed by atoms with E-state index in [4.69, 9.17) is 5.73 Å². The molecule has 0 aliphatic rings. The highest BCUT2D eigenvalue weighted by atomic mass is 16.1. The van der Waals surface area contributed by atoms with Crippen molar-refractivity contribution in [2.45, 2.75) is 6.42 Å². The Hall–Kier alpha value is -1.82. The van der Waals surface area contributed by atoms with Gasteiger partial charge in [0.15, 0.2) is 0 Å². The van der Waals surface area contributed by atoms with Gasteiger partial charge in [-0.2, -0.15) is 0 Å². The molecule has 1 rings (SSSR count). The van der Waals surface area contributed by atoms with Crippen molar-refractivity contribution < 1.29 is 4.79 Å². The summed E-state index contributed by atoms with van der Waals surface area (Å²) < 4.78 is 0. The summed E-state index contributed by atoms with van der Waals surface area (Å²) in [6, 6.07) is 3.61. The van der Waals surface area contributed by atoms with Gasteiger partial charge in [0.2, 0.25) is 5.91 Å². The maximum atomic E-state index is 10.3. The lowest BCUT2D eigenvalue weighted by Crippen LogP contribution is -2.08. The Labute approximate surface area is 70.6 Å². The molecule has 3 nitrogen and oxygen atoms in total. The molecule has 0 aliphatic carbocycles. The standard InChI is InChI=1S/C9H8N2O/c10-9(12)5-1-3-8-4-2-6-11-7-8/h2,4,6-7H,5H2,(H2,10,12). The van der Waals surface area contributed by atoms with E-state index in [9.17, 15) is 4.79 Å². The van der Waals surface area contributed by atoms with Gasteiger partial charge in [-0.25, -0.2) is 0 Å². The highest BCUT2D eigenvalue weighted by molar-refractivity contribution is 5.76. The first kappa shape index (κ1) is 8.28. The van der Waals surface area contributed by atoms with Crippen LogP contribution in [0.2, 0.25) is 0 Å². The van der Waals surface area contributed by atoms with Gasteiger partial charge in [-0.1, -0.05) is 11.8 Å². The molecule has 0 radical (unpaired) electrons. The summed E-state index contributed by atoms with van der Waals surface area (Å²) in [6.45, 7) is 0. The fourth-order valence-corrected chi connectivity index (χ4v) is 0.670. The van der Waals surface area contributed by atoms with Crippen LogP contribution in [0.15, 0.2) is 24.5 Å². The molecule has 0 aromatic carbocycles. The average molecular weight is 160 g/mol. The Morgan fingerprint density at radius 2 is 2.50 bits per heavy atom. The molecule has 0 saturated carbocycles. The summed E-state index contributed by atoms with van der Waals surface area (Å²) in [5.74, 6) is 4.99. The van der Waals surface area contributed by atoms with E-state index >= 15 is 0 Å². The second kappa shape index (κ2) is 4.14. The maximum absolute atomic E-state index is 10.3. The molecule has 0 spiro atoms. The van der Waals surface area contributed by atoms with Crippen molar-refractivity contribution in [2.24, 2.45) is 5.73 Å². The Kier molecular flexibility index (Phi) is 2.86. The summed E-state index contributed by atoms with van der Waals surface area (Å²) >= 11 is 0. The maximum Gasteiger partial charge on any atom is 0.229 e. The number of nitrogens with zero attached hydrogens (tertiary/aromatic N) is 1. The topological polar surface area (TPSA) is 56.0 Å². The molecular weight excluding hydrogens is 152 g/mol. The van der Waals surface area contributed by atoms with E-state index in [1.807, 2.05) is 6.07 Å². The molecular formula is C9H8N2O. The van der Waals surface area contributed by atoms with Crippen LogP contribution in [0, 0.1) is 11.8 Å². The third-order valence-electron chi connectivity index (χ3n) is 1.16. The van der Waals surface area contributed by atoms with Crippen LogP contribution in [-0.2, 0) is 4.79 Å². The number of hydrogen-bond acceptors (Lipinski definition) is 2. The molecule has 0 atom stereocenters. The van der Waals surface area contributed by atoms with Crippen molar-refractivity contribution in [3.63, 3.8) is 0 Å². The first-order valence-corrected chi connectivity index (χ1v) is 3.46. The number of hydrogen-bond donors (Lipinski definition) is 1. The number of nitrogens with two attached hydrogens (primary N) is 1. The van der Waals surface area contributed by atoms with Gasteiger partial charge >= 0.3 is 0 Å². The van der Waals surface area contributed by atoms with Gasteiger partial charge in [-0.05, 0) is 12.1 Å². The van der Waals surface area contributed by atoms with Gasteiger partial charge in [0.05, 0.1) is 6.42 Å². The van der Waals surface area contributed by atoms with E-state index in [1.165, 1.54) is 0 Å². The zero-order valence-corrected chi connectivity index (χ0v) is 6.45. The van der Waals surface area contributed by atoms with Crippen LogP contribution in [0.1, 0.15) is 12.0 Å². The number of rotatable bonds is 1. The molecule has 0 unspecified atom stereocenters. The van der Waals surface area contributed by atoms with Crippen LogP contribution in [0.3, 0.4) is 0 Å². The minimum atomic E-state index is -0.411. The van der Waals surface area contributed by atoms with Crippen LogP contribution in [0.4, 0.5) is 0 Å². The van der Waals surface area contributed by atoms with Gasteiger partial charge in [-0.15, -0.1) is 0 Å². The second-order valence-electron chi connectivity index (χ2n) is 2.19. The molecule has 0 bridgehead atoms. The molecule has 3 heteroatoms. The van der Waals surface area contributed by atoms with E-state index in [2.05, 4.69) is 16.8 Å². The monoisotopic (exact) mass is 160 g/mol. The molecule has 0 aliphatic heterocycles. The van der Waals surface area contributed by atoms with Gasteiger partial charge in [0.1, 0.15) is 0 Å². The predicted molar refractivity (Wildman–Crippen MR) is 44.9 cm³/mol. The molecule has 0 fully saturated rings. The van der Waals surface area contributed by atoms with Crippen LogP contribution in [0.5, 0.6) is 0 Å². The second-order valence-corrected chi connectivity index (χ2v) is 2.19. The fourth-order valence-electron chi connectivity index (χ4n) is 0.670. The zero-order valence-electron chi connectivity index (χ0n) is 6.45. The SMILES string of the molecule is NC(=O)CC#Cc1cccnc1. The van der Waals surface area contributed by atoms with E-state index in [0.29, 0.717) is 0 Å². The normalized spacial score (nSPS) is 8.33. The number of carbonyl (C=O) groups is 1. The van der Waals surface area contributed by atoms with Gasteiger partial charge in [0, 0.05) is 18.0 Å². The largest absolute Gasteiger partial charge is 0.369 e. The quantitative estimate of drug-likeness (QED) is 0.601. The Bertz CT molecular complexity index is 321. The van der Waals surface area contributed by atoms with Crippen molar-refractivity contribution in [3.05, 3.63) is 30.1 Å². The van der Waals surface area contributed by atoms with Gasteiger partial charge in [-0.3, -0.25) is 9.78 Å². The summed E-state index contributed by atoms with van der Waals surface area (Å²) in [5, 5.41) is 0. The lowest BCUT2D eigenvalue weighted by atomic mass is 10.3. The molecule has 1 heterocycles. The van der Waals surface area contributed by atoms with Crippen molar-refractivity contribution in [1.82, 2.24) is 4.98 Å². The Morgan fingerprint density at radius 1 is 1.67 bits per heavy atom. The fraction of sp³-hybridized carbons (Fsp3) is 0.111.